The third-order valence-electron chi connectivity index (χ3n) is 7.09. The van der Waals surface area contributed by atoms with Crippen LogP contribution in [0.2, 0.25) is 0 Å². The molecule has 1 aromatic heterocycles. The molecular formula is C31H28N2O3S2. The number of thiazole rings is 1. The Bertz CT molecular complexity index is 1730. The summed E-state index contributed by atoms with van der Waals surface area (Å²) >= 11 is 3.16. The minimum Gasteiger partial charge on any atom is -0.493 e. The summed E-state index contributed by atoms with van der Waals surface area (Å²) in [6.07, 6.45) is 5.82. The number of thioether (sulfide) groups is 1. The van der Waals surface area contributed by atoms with Crippen LogP contribution in [0.5, 0.6) is 11.5 Å². The fourth-order valence-electron chi connectivity index (χ4n) is 5.31. The van der Waals surface area contributed by atoms with Crippen molar-refractivity contribution in [1.82, 2.24) is 4.57 Å². The third-order valence-corrected chi connectivity index (χ3v) is 8.82. The number of allylic oxidation sites excluding steroid dienone is 1. The second-order valence-corrected chi connectivity index (χ2v) is 11.1. The van der Waals surface area contributed by atoms with Crippen molar-refractivity contribution in [2.24, 2.45) is 4.99 Å². The van der Waals surface area contributed by atoms with Gasteiger partial charge in [0.25, 0.3) is 5.56 Å². The van der Waals surface area contributed by atoms with Crippen LogP contribution in [0.4, 0.5) is 0 Å². The monoisotopic (exact) mass is 540 g/mol. The van der Waals surface area contributed by atoms with E-state index in [1.807, 2.05) is 35.8 Å². The number of nitrogens with zero attached hydrogens (tertiary/aromatic N) is 2. The quantitative estimate of drug-likeness (QED) is 0.305. The molecule has 0 amide bonds. The van der Waals surface area contributed by atoms with Gasteiger partial charge >= 0.3 is 0 Å². The molecule has 38 heavy (non-hydrogen) atoms. The lowest BCUT2D eigenvalue weighted by Crippen LogP contribution is -2.38. The van der Waals surface area contributed by atoms with E-state index in [4.69, 9.17) is 14.5 Å². The Morgan fingerprint density at radius 1 is 1.08 bits per heavy atom. The molecule has 0 radical (unpaired) electrons. The minimum atomic E-state index is -0.178. The van der Waals surface area contributed by atoms with Gasteiger partial charge in [-0.2, -0.15) is 0 Å². The fourth-order valence-corrected chi connectivity index (χ4v) is 6.72. The van der Waals surface area contributed by atoms with Crippen molar-refractivity contribution in [3.8, 4) is 11.5 Å². The molecule has 3 aromatic carbocycles. The van der Waals surface area contributed by atoms with Gasteiger partial charge in [-0.3, -0.25) is 9.36 Å². The average Bonchev–Trinajstić information content (AvgIpc) is 3.27. The molecule has 7 heteroatoms. The van der Waals surface area contributed by atoms with Crippen LogP contribution in [0, 0.1) is 0 Å². The van der Waals surface area contributed by atoms with Gasteiger partial charge in [0.2, 0.25) is 0 Å². The summed E-state index contributed by atoms with van der Waals surface area (Å²) in [5, 5.41) is 0. The predicted molar refractivity (Wildman–Crippen MR) is 155 cm³/mol. The van der Waals surface area contributed by atoms with Crippen molar-refractivity contribution in [2.45, 2.75) is 30.7 Å². The zero-order valence-electron chi connectivity index (χ0n) is 21.6. The first-order valence-electron chi connectivity index (χ1n) is 12.7. The zero-order chi connectivity index (χ0) is 26.2. The molecule has 0 fully saturated rings. The van der Waals surface area contributed by atoms with Gasteiger partial charge in [0.05, 0.1) is 30.0 Å². The summed E-state index contributed by atoms with van der Waals surface area (Å²) in [7, 11) is 1.63. The largest absolute Gasteiger partial charge is 0.493 e. The Labute approximate surface area is 229 Å². The number of ether oxygens (including phenoxy) is 2. The molecule has 2 aliphatic rings. The van der Waals surface area contributed by atoms with Crippen LogP contribution in [0.15, 0.2) is 87.0 Å². The number of aromatic nitrogens is 1. The van der Waals surface area contributed by atoms with Gasteiger partial charge in [-0.25, -0.2) is 4.99 Å². The molecule has 5 nitrogen and oxygen atoms in total. The van der Waals surface area contributed by atoms with Crippen molar-refractivity contribution in [3.05, 3.63) is 114 Å². The van der Waals surface area contributed by atoms with E-state index in [0.29, 0.717) is 22.6 Å². The third kappa shape index (κ3) is 4.29. The van der Waals surface area contributed by atoms with E-state index in [2.05, 4.69) is 54.8 Å². The molecule has 2 heterocycles. The van der Waals surface area contributed by atoms with Crippen molar-refractivity contribution >= 4 is 34.9 Å². The molecule has 0 bridgehead atoms. The summed E-state index contributed by atoms with van der Waals surface area (Å²) in [4.78, 5) is 21.0. The Morgan fingerprint density at radius 2 is 1.89 bits per heavy atom. The first-order valence-corrected chi connectivity index (χ1v) is 14.7. The highest BCUT2D eigenvalue weighted by Gasteiger charge is 2.32. The molecule has 1 aliphatic carbocycles. The summed E-state index contributed by atoms with van der Waals surface area (Å²) in [6.45, 7) is 2.50. The molecule has 1 aliphatic heterocycles. The van der Waals surface area contributed by atoms with Crippen LogP contribution in [0.3, 0.4) is 0 Å². The van der Waals surface area contributed by atoms with E-state index in [-0.39, 0.29) is 11.6 Å². The number of methoxy groups -OCH3 is 1. The number of benzene rings is 3. The Kier molecular flexibility index (Phi) is 6.72. The van der Waals surface area contributed by atoms with E-state index in [1.54, 1.807) is 18.9 Å². The smallest absolute Gasteiger partial charge is 0.271 e. The zero-order valence-corrected chi connectivity index (χ0v) is 23.2. The van der Waals surface area contributed by atoms with E-state index in [1.165, 1.54) is 32.9 Å². The lowest BCUT2D eigenvalue weighted by atomic mass is 9.83. The molecular weight excluding hydrogens is 512 g/mol. The SMILES string of the molecule is CCOc1ccc(C=c2sc3n(c2=O)C(c2ccc(SC)cc2)C2=C(N=3)c3ccccc3CC2)cc1OC. The average molecular weight is 541 g/mol. The number of hydrogen-bond donors (Lipinski definition) is 0. The van der Waals surface area contributed by atoms with Gasteiger partial charge in [-0.1, -0.05) is 53.8 Å². The second-order valence-electron chi connectivity index (χ2n) is 9.23. The lowest BCUT2D eigenvalue weighted by molar-refractivity contribution is 0.311. The second kappa shape index (κ2) is 10.3. The molecule has 0 saturated carbocycles. The van der Waals surface area contributed by atoms with E-state index in [9.17, 15) is 4.79 Å². The Morgan fingerprint density at radius 3 is 2.66 bits per heavy atom. The van der Waals surface area contributed by atoms with Gasteiger partial charge in [-0.05, 0) is 78.6 Å². The highest BCUT2D eigenvalue weighted by molar-refractivity contribution is 7.98. The molecule has 4 aromatic rings. The van der Waals surface area contributed by atoms with Gasteiger partial charge in [-0.15, -0.1) is 11.8 Å². The molecule has 6 rings (SSSR count). The van der Waals surface area contributed by atoms with Crippen molar-refractivity contribution in [3.63, 3.8) is 0 Å². The Balaban J connectivity index is 1.55. The fraction of sp³-hybridized carbons (Fsp3) is 0.226. The molecule has 0 saturated heterocycles. The van der Waals surface area contributed by atoms with E-state index in [0.717, 1.165) is 34.5 Å². The maximum Gasteiger partial charge on any atom is 0.271 e. The minimum absolute atomic E-state index is 0.0223. The Hall–Kier alpha value is -3.55. The number of hydrogen-bond acceptors (Lipinski definition) is 6. The number of fused-ring (bicyclic) bond motifs is 3. The topological polar surface area (TPSA) is 52.8 Å². The normalized spacial score (nSPS) is 16.4. The van der Waals surface area contributed by atoms with Crippen LogP contribution in [0.25, 0.3) is 11.8 Å². The predicted octanol–water partition coefficient (Wildman–Crippen LogP) is 5.45. The molecule has 1 unspecified atom stereocenters. The maximum absolute atomic E-state index is 14.0. The molecule has 192 valence electrons. The van der Waals surface area contributed by atoms with Crippen LogP contribution < -0.4 is 24.4 Å². The van der Waals surface area contributed by atoms with Gasteiger partial charge in [0, 0.05) is 10.5 Å². The number of aryl methyl sites for hydroxylation is 1. The molecule has 0 spiro atoms. The van der Waals surface area contributed by atoms with Crippen LogP contribution in [-0.2, 0) is 6.42 Å². The highest BCUT2D eigenvalue weighted by atomic mass is 32.2. The highest BCUT2D eigenvalue weighted by Crippen LogP contribution is 2.41. The first kappa shape index (κ1) is 24.8. The summed E-state index contributed by atoms with van der Waals surface area (Å²) in [6, 6.07) is 22.6. The molecule has 1 atom stereocenters. The van der Waals surface area contributed by atoms with Crippen molar-refractivity contribution in [1.29, 1.82) is 0 Å². The van der Waals surface area contributed by atoms with E-state index >= 15 is 0 Å². The van der Waals surface area contributed by atoms with Crippen molar-refractivity contribution in [2.75, 3.05) is 20.0 Å². The summed E-state index contributed by atoms with van der Waals surface area (Å²) in [5.41, 5.74) is 6.68. The lowest BCUT2D eigenvalue weighted by Gasteiger charge is -2.30. The maximum atomic E-state index is 14.0. The van der Waals surface area contributed by atoms with Crippen LogP contribution in [0.1, 0.15) is 41.6 Å². The van der Waals surface area contributed by atoms with Gasteiger partial charge in [0.15, 0.2) is 16.3 Å². The summed E-state index contributed by atoms with van der Waals surface area (Å²) in [5.74, 6) is 1.33. The van der Waals surface area contributed by atoms with E-state index < -0.39 is 0 Å². The van der Waals surface area contributed by atoms with Gasteiger partial charge in [0.1, 0.15) is 0 Å². The van der Waals surface area contributed by atoms with Crippen LogP contribution >= 0.6 is 23.1 Å². The summed E-state index contributed by atoms with van der Waals surface area (Å²) < 4.78 is 13.7. The van der Waals surface area contributed by atoms with Crippen LogP contribution in [-0.4, -0.2) is 24.5 Å². The van der Waals surface area contributed by atoms with Crippen molar-refractivity contribution < 1.29 is 9.47 Å². The first-order chi connectivity index (χ1) is 18.6. The van der Waals surface area contributed by atoms with Gasteiger partial charge < -0.3 is 9.47 Å². The standard InChI is InChI=1S/C31H28N2O3S2/c1-4-36-25-16-9-19(17-26(25)35-2)18-27-30(34)33-29(21-10-13-22(37-3)14-11-21)24-15-12-20-7-5-6-8-23(20)28(24)32-31(33)38-27/h5-11,13-14,16-18,29H,4,12,15H2,1-3H3. The number of rotatable bonds is 6. The molecule has 0 N–H and O–H groups in total.